The predicted octanol–water partition coefficient (Wildman–Crippen LogP) is -2.04. The van der Waals surface area contributed by atoms with Gasteiger partial charge in [0, 0.05) is 0 Å². The molecule has 0 aromatic carbocycles. The van der Waals surface area contributed by atoms with Crippen LogP contribution in [0, 0.1) is 10.4 Å². The molecule has 2 unspecified atom stereocenters. The SMILES string of the molecule is CCC(C)(C)O[NH+]([O-])NCC(C)(C)O[NH+](N)[O-]. The minimum Gasteiger partial charge on any atom is -0.580 e. The highest BCUT2D eigenvalue weighted by Crippen LogP contribution is 2.09. The minimum absolute atomic E-state index is 0.133. The Bertz CT molecular complexity index is 223. The molecule has 0 aliphatic heterocycles. The van der Waals surface area contributed by atoms with Gasteiger partial charge >= 0.3 is 0 Å². The smallest absolute Gasteiger partial charge is 0.142 e. The number of nitrogens with two attached hydrogens (primary N) is 1. The number of quaternary nitrogens is 2. The first kappa shape index (κ1) is 16.7. The van der Waals surface area contributed by atoms with E-state index >= 15 is 0 Å². The van der Waals surface area contributed by atoms with E-state index < -0.39 is 21.9 Å². The summed E-state index contributed by atoms with van der Waals surface area (Å²) in [6.07, 6.45) is 0.710. The van der Waals surface area contributed by atoms with Gasteiger partial charge in [0.25, 0.3) is 0 Å². The van der Waals surface area contributed by atoms with E-state index in [0.717, 1.165) is 0 Å². The van der Waals surface area contributed by atoms with Gasteiger partial charge in [-0.3, -0.25) is 0 Å². The zero-order valence-electron chi connectivity index (χ0n) is 11.1. The average Bonchev–Trinajstić information content (AvgIpc) is 2.12. The van der Waals surface area contributed by atoms with E-state index in [9.17, 15) is 10.4 Å². The van der Waals surface area contributed by atoms with Gasteiger partial charge in [0.15, 0.2) is 0 Å². The lowest BCUT2D eigenvalue weighted by molar-refractivity contribution is -1.10. The van der Waals surface area contributed by atoms with Gasteiger partial charge < -0.3 is 10.4 Å². The fraction of sp³-hybridized carbons (Fsp3) is 1.00. The van der Waals surface area contributed by atoms with Crippen molar-refractivity contribution < 1.29 is 20.3 Å². The number of hydrogen-bond acceptors (Lipinski definition) is 6. The van der Waals surface area contributed by atoms with Crippen LogP contribution in [-0.2, 0) is 9.68 Å². The van der Waals surface area contributed by atoms with Crippen LogP contribution >= 0.6 is 0 Å². The third-order valence-electron chi connectivity index (χ3n) is 2.26. The summed E-state index contributed by atoms with van der Waals surface area (Å²) in [6.45, 7) is 8.98. The normalized spacial score (nSPS) is 16.9. The summed E-state index contributed by atoms with van der Waals surface area (Å²) in [5.41, 5.74) is 1.15. The van der Waals surface area contributed by atoms with Crippen molar-refractivity contribution in [2.24, 2.45) is 5.84 Å². The zero-order chi connectivity index (χ0) is 13.7. The monoisotopic (exact) mass is 252 g/mol. The highest BCUT2D eigenvalue weighted by Gasteiger charge is 2.26. The molecule has 2 atom stereocenters. The zero-order valence-corrected chi connectivity index (χ0v) is 11.1. The Labute approximate surface area is 102 Å². The third kappa shape index (κ3) is 8.41. The lowest BCUT2D eigenvalue weighted by Crippen LogP contribution is -3.16. The van der Waals surface area contributed by atoms with Gasteiger partial charge in [-0.05, 0) is 34.1 Å². The van der Waals surface area contributed by atoms with E-state index in [4.69, 9.17) is 15.5 Å². The molecule has 0 rings (SSSR count). The average molecular weight is 252 g/mol. The van der Waals surface area contributed by atoms with Gasteiger partial charge in [-0.15, -0.1) is 21.9 Å². The fourth-order valence-electron chi connectivity index (χ4n) is 0.953. The van der Waals surface area contributed by atoms with Crippen molar-refractivity contribution in [2.75, 3.05) is 6.54 Å². The summed E-state index contributed by atoms with van der Waals surface area (Å²) in [7, 11) is 0. The van der Waals surface area contributed by atoms with Crippen LogP contribution in [0.25, 0.3) is 0 Å². The molecule has 0 aliphatic rings. The van der Waals surface area contributed by atoms with Crippen LogP contribution < -0.4 is 21.9 Å². The molecule has 0 bridgehead atoms. The third-order valence-corrected chi connectivity index (χ3v) is 2.26. The summed E-state index contributed by atoms with van der Waals surface area (Å²) in [5.74, 6) is 4.90. The molecular formula is C9H24N4O4. The van der Waals surface area contributed by atoms with Crippen LogP contribution in [0.5, 0.6) is 0 Å². The highest BCUT2D eigenvalue weighted by molar-refractivity contribution is 4.66. The standard InChI is InChI=1S/C9H24N4O4/c1-6-8(2,3)17-13(15)11-7-9(4,5)16-12(10)14/h11-13H,6-7,10H2,1-5H3. The first-order valence-electron chi connectivity index (χ1n) is 5.53. The molecule has 0 spiro atoms. The van der Waals surface area contributed by atoms with Gasteiger partial charge in [0.1, 0.15) is 11.2 Å². The Morgan fingerprint density at radius 2 is 1.65 bits per heavy atom. The van der Waals surface area contributed by atoms with Crippen molar-refractivity contribution in [1.82, 2.24) is 5.43 Å². The largest absolute Gasteiger partial charge is 0.580 e. The minimum atomic E-state index is -0.876. The molecule has 0 saturated heterocycles. The van der Waals surface area contributed by atoms with Crippen LogP contribution in [0.4, 0.5) is 0 Å². The molecule has 5 N–H and O–H groups in total. The van der Waals surface area contributed by atoms with Crippen LogP contribution in [0.15, 0.2) is 0 Å². The van der Waals surface area contributed by atoms with Gasteiger partial charge in [-0.1, -0.05) is 6.92 Å². The van der Waals surface area contributed by atoms with Gasteiger partial charge in [-0.2, -0.15) is 9.68 Å². The highest BCUT2D eigenvalue weighted by atomic mass is 16.9. The predicted molar refractivity (Wildman–Crippen MR) is 61.5 cm³/mol. The van der Waals surface area contributed by atoms with Crippen LogP contribution in [0.2, 0.25) is 0 Å². The van der Waals surface area contributed by atoms with Crippen LogP contribution in [0.3, 0.4) is 0 Å². The Hall–Kier alpha value is -0.320. The molecule has 8 heteroatoms. The van der Waals surface area contributed by atoms with E-state index in [1.807, 2.05) is 20.8 Å². The Kier molecular flexibility index (Phi) is 6.45. The van der Waals surface area contributed by atoms with Crippen LogP contribution in [-0.4, -0.2) is 17.7 Å². The van der Waals surface area contributed by atoms with E-state index in [2.05, 4.69) is 5.43 Å². The van der Waals surface area contributed by atoms with E-state index in [0.29, 0.717) is 6.42 Å². The van der Waals surface area contributed by atoms with Crippen molar-refractivity contribution >= 4 is 0 Å². The molecule has 0 heterocycles. The summed E-state index contributed by atoms with van der Waals surface area (Å²) < 4.78 is 0. The van der Waals surface area contributed by atoms with Crippen molar-refractivity contribution in [3.05, 3.63) is 10.4 Å². The summed E-state index contributed by atoms with van der Waals surface area (Å²) >= 11 is 0. The summed E-state index contributed by atoms with van der Waals surface area (Å²) in [5, 5.41) is 20.6. The lowest BCUT2D eigenvalue weighted by atomic mass is 10.1. The topological polar surface area (TPSA) is 112 Å². The van der Waals surface area contributed by atoms with E-state index in [-0.39, 0.29) is 6.54 Å². The first-order valence-corrected chi connectivity index (χ1v) is 5.53. The maximum atomic E-state index is 11.4. The van der Waals surface area contributed by atoms with Gasteiger partial charge in [0.05, 0.1) is 6.54 Å². The maximum Gasteiger partial charge on any atom is 0.142 e. The number of hydrogen-bond donors (Lipinski definition) is 4. The molecule has 104 valence electrons. The van der Waals surface area contributed by atoms with Crippen molar-refractivity contribution in [3.63, 3.8) is 0 Å². The lowest BCUT2D eigenvalue weighted by Gasteiger charge is -2.32. The molecule has 8 nitrogen and oxygen atoms in total. The molecule has 17 heavy (non-hydrogen) atoms. The maximum absolute atomic E-state index is 11.4. The summed E-state index contributed by atoms with van der Waals surface area (Å²) in [4.78, 5) is 9.98. The summed E-state index contributed by atoms with van der Waals surface area (Å²) in [6, 6.07) is 0. The number of rotatable bonds is 8. The second-order valence-electron chi connectivity index (χ2n) is 5.04. The Morgan fingerprint density at radius 3 is 2.06 bits per heavy atom. The fourth-order valence-corrected chi connectivity index (χ4v) is 0.953. The molecular weight excluding hydrogens is 228 g/mol. The number of nitrogens with one attached hydrogen (secondary N) is 3. The molecule has 0 amide bonds. The molecule has 0 aromatic rings. The molecule has 0 fully saturated rings. The Morgan fingerprint density at radius 1 is 1.12 bits per heavy atom. The second kappa shape index (κ2) is 6.57. The van der Waals surface area contributed by atoms with Crippen molar-refractivity contribution in [3.8, 4) is 0 Å². The first-order chi connectivity index (χ1) is 7.58. The van der Waals surface area contributed by atoms with E-state index in [1.165, 1.54) is 0 Å². The van der Waals surface area contributed by atoms with Gasteiger partial charge in [0.2, 0.25) is 0 Å². The molecule has 0 aromatic heterocycles. The molecule has 0 aliphatic carbocycles. The second-order valence-corrected chi connectivity index (χ2v) is 5.04. The van der Waals surface area contributed by atoms with Gasteiger partial charge in [-0.25, -0.2) is 0 Å². The van der Waals surface area contributed by atoms with E-state index in [1.54, 1.807) is 13.8 Å². The van der Waals surface area contributed by atoms with Crippen LogP contribution in [0.1, 0.15) is 41.0 Å². The molecule has 0 radical (unpaired) electrons. The molecule has 0 saturated carbocycles. The Balaban J connectivity index is 4.02. The quantitative estimate of drug-likeness (QED) is 0.292. The van der Waals surface area contributed by atoms with Crippen molar-refractivity contribution in [2.45, 2.75) is 52.2 Å². The van der Waals surface area contributed by atoms with Crippen molar-refractivity contribution in [1.29, 1.82) is 0 Å².